The van der Waals surface area contributed by atoms with Crippen molar-refractivity contribution in [3.05, 3.63) is 65.2 Å². The number of rotatable bonds is 9. The van der Waals surface area contributed by atoms with Gasteiger partial charge in [0.05, 0.1) is 18.2 Å². The molecular formula is C27H39N3O2. The first-order chi connectivity index (χ1) is 15.4. The van der Waals surface area contributed by atoms with E-state index in [-0.39, 0.29) is 24.0 Å². The zero-order chi connectivity index (χ0) is 23.3. The van der Waals surface area contributed by atoms with Crippen LogP contribution in [0.2, 0.25) is 0 Å². The highest BCUT2D eigenvalue weighted by Gasteiger charge is 2.40. The number of nitrogens with zero attached hydrogens (tertiary/aromatic N) is 2. The van der Waals surface area contributed by atoms with Gasteiger partial charge in [0.2, 0.25) is 0 Å². The Morgan fingerprint density at radius 2 is 1.78 bits per heavy atom. The Bertz CT molecular complexity index is 879. The largest absolute Gasteiger partial charge is 0.389 e. The predicted molar refractivity (Wildman–Crippen MR) is 132 cm³/mol. The fourth-order valence-corrected chi connectivity index (χ4v) is 4.67. The number of hydrogen-bond donors (Lipinski definition) is 2. The van der Waals surface area contributed by atoms with Crippen molar-refractivity contribution in [2.24, 2.45) is 0 Å². The van der Waals surface area contributed by atoms with Crippen molar-refractivity contribution in [3.63, 3.8) is 0 Å². The molecule has 5 heteroatoms. The van der Waals surface area contributed by atoms with E-state index in [1.807, 2.05) is 62.4 Å². The highest BCUT2D eigenvalue weighted by Crippen LogP contribution is 2.38. The summed E-state index contributed by atoms with van der Waals surface area (Å²) in [7, 11) is 0. The summed E-state index contributed by atoms with van der Waals surface area (Å²) in [6.45, 7) is 13.8. The topological polar surface area (TPSA) is 55.8 Å². The summed E-state index contributed by atoms with van der Waals surface area (Å²) in [6, 6.07) is 15.3. The highest BCUT2D eigenvalue weighted by atomic mass is 16.3. The molecule has 1 aliphatic heterocycles. The molecule has 32 heavy (non-hydrogen) atoms. The normalized spacial score (nSPS) is 21.5. The number of fused-ring (bicyclic) bond motifs is 1. The van der Waals surface area contributed by atoms with E-state index in [2.05, 4.69) is 31.0 Å². The van der Waals surface area contributed by atoms with Crippen LogP contribution < -0.4 is 10.2 Å². The van der Waals surface area contributed by atoms with E-state index < -0.39 is 6.10 Å². The lowest BCUT2D eigenvalue weighted by Crippen LogP contribution is -2.55. The summed E-state index contributed by atoms with van der Waals surface area (Å²) < 4.78 is 0. The number of aliphatic hydroxyl groups is 1. The molecule has 1 amide bonds. The van der Waals surface area contributed by atoms with Gasteiger partial charge < -0.3 is 20.2 Å². The second kappa shape index (κ2) is 11.1. The molecule has 0 saturated carbocycles. The first kappa shape index (κ1) is 24.4. The van der Waals surface area contributed by atoms with Gasteiger partial charge in [0.15, 0.2) is 0 Å². The molecule has 1 heterocycles. The number of aryl methyl sites for hydroxylation is 1. The van der Waals surface area contributed by atoms with Crippen LogP contribution >= 0.6 is 0 Å². The highest BCUT2D eigenvalue weighted by molar-refractivity contribution is 6.07. The van der Waals surface area contributed by atoms with Gasteiger partial charge in [-0.25, -0.2) is 0 Å². The minimum absolute atomic E-state index is 0.0743. The number of aliphatic hydroxyl groups excluding tert-OH is 1. The van der Waals surface area contributed by atoms with Crippen LogP contribution in [0.1, 0.15) is 68.1 Å². The monoisotopic (exact) mass is 437 g/mol. The molecule has 0 fully saturated rings. The smallest absolute Gasteiger partial charge is 0.258 e. The second-order valence-electron chi connectivity index (χ2n) is 9.05. The predicted octanol–water partition coefficient (Wildman–Crippen LogP) is 4.55. The van der Waals surface area contributed by atoms with Gasteiger partial charge in [-0.05, 0) is 77.0 Å². The lowest BCUT2D eigenvalue weighted by atomic mass is 9.87. The summed E-state index contributed by atoms with van der Waals surface area (Å²) in [4.78, 5) is 17.6. The summed E-state index contributed by atoms with van der Waals surface area (Å²) >= 11 is 0. The van der Waals surface area contributed by atoms with Crippen LogP contribution in [-0.2, 0) is 0 Å². The number of anilines is 1. The SMILES string of the molecule is CCN(CC)CCC[C@H](C)N[C@@H]1c2ccccc2N(C(=O)c2ccc(C)cc2)[C@H](C)[C@@H]1O. The quantitative estimate of drug-likeness (QED) is 0.604. The van der Waals surface area contributed by atoms with Gasteiger partial charge >= 0.3 is 0 Å². The van der Waals surface area contributed by atoms with Crippen LogP contribution in [0.15, 0.2) is 48.5 Å². The number of carbonyl (C=O) groups excluding carboxylic acids is 1. The van der Waals surface area contributed by atoms with Crippen molar-refractivity contribution in [1.82, 2.24) is 10.2 Å². The van der Waals surface area contributed by atoms with Crippen LogP contribution in [-0.4, -0.2) is 53.7 Å². The Morgan fingerprint density at radius 1 is 1.12 bits per heavy atom. The van der Waals surface area contributed by atoms with Crippen molar-refractivity contribution in [2.75, 3.05) is 24.5 Å². The fourth-order valence-electron chi connectivity index (χ4n) is 4.67. The first-order valence-corrected chi connectivity index (χ1v) is 12.0. The third kappa shape index (κ3) is 5.40. The maximum absolute atomic E-state index is 13.4. The third-order valence-electron chi connectivity index (χ3n) is 6.76. The van der Waals surface area contributed by atoms with Gasteiger partial charge in [-0.2, -0.15) is 0 Å². The standard InChI is InChI=1S/C27H39N3O2/c1-6-29(7-2)18-10-11-20(4)28-25-23-12-8-9-13-24(23)30(21(5)26(25)31)27(32)22-16-14-19(3)15-17-22/h8-9,12-17,20-21,25-26,28,31H,6-7,10-11,18H2,1-5H3/t20-,21+,25+,26-/m0/s1. The first-order valence-electron chi connectivity index (χ1n) is 12.0. The molecule has 2 aromatic rings. The molecule has 1 aliphatic rings. The summed E-state index contributed by atoms with van der Waals surface area (Å²) in [5, 5.41) is 14.9. The number of hydrogen-bond acceptors (Lipinski definition) is 4. The summed E-state index contributed by atoms with van der Waals surface area (Å²) in [5.41, 5.74) is 3.62. The summed E-state index contributed by atoms with van der Waals surface area (Å²) in [6.07, 6.45) is 1.47. The van der Waals surface area contributed by atoms with Crippen LogP contribution in [0.4, 0.5) is 5.69 Å². The van der Waals surface area contributed by atoms with Gasteiger partial charge in [-0.15, -0.1) is 0 Å². The average Bonchev–Trinajstić information content (AvgIpc) is 2.80. The number of amides is 1. The molecule has 2 N–H and O–H groups in total. The summed E-state index contributed by atoms with van der Waals surface area (Å²) in [5.74, 6) is -0.0743. The lowest BCUT2D eigenvalue weighted by Gasteiger charge is -2.44. The van der Waals surface area contributed by atoms with Crippen molar-refractivity contribution in [3.8, 4) is 0 Å². The van der Waals surface area contributed by atoms with E-state index in [0.717, 1.165) is 49.3 Å². The van der Waals surface area contributed by atoms with Gasteiger partial charge in [-0.3, -0.25) is 4.79 Å². The Labute approximate surface area is 193 Å². The lowest BCUT2D eigenvalue weighted by molar-refractivity contribution is 0.0764. The number of para-hydroxylation sites is 1. The van der Waals surface area contributed by atoms with Crippen LogP contribution in [0, 0.1) is 6.92 Å². The minimum Gasteiger partial charge on any atom is -0.389 e. The molecule has 3 rings (SSSR count). The third-order valence-corrected chi connectivity index (χ3v) is 6.76. The van der Waals surface area contributed by atoms with Crippen LogP contribution in [0.3, 0.4) is 0 Å². The number of benzene rings is 2. The van der Waals surface area contributed by atoms with Crippen LogP contribution in [0.25, 0.3) is 0 Å². The van der Waals surface area contributed by atoms with Gasteiger partial charge in [0.25, 0.3) is 5.91 Å². The fraction of sp³-hybridized carbons (Fsp3) is 0.519. The Kier molecular flexibility index (Phi) is 8.46. The molecule has 0 radical (unpaired) electrons. The van der Waals surface area contributed by atoms with E-state index >= 15 is 0 Å². The molecular weight excluding hydrogens is 398 g/mol. The second-order valence-corrected chi connectivity index (χ2v) is 9.05. The van der Waals surface area contributed by atoms with E-state index in [1.54, 1.807) is 4.90 Å². The van der Waals surface area contributed by atoms with Crippen molar-refractivity contribution < 1.29 is 9.90 Å². The molecule has 2 aromatic carbocycles. The Balaban J connectivity index is 1.78. The van der Waals surface area contributed by atoms with Crippen LogP contribution in [0.5, 0.6) is 0 Å². The molecule has 4 atom stereocenters. The average molecular weight is 438 g/mol. The zero-order valence-corrected chi connectivity index (χ0v) is 20.2. The Morgan fingerprint density at radius 3 is 2.44 bits per heavy atom. The Hall–Kier alpha value is -2.21. The minimum atomic E-state index is -0.690. The van der Waals surface area contributed by atoms with Gasteiger partial charge in [0.1, 0.15) is 0 Å². The molecule has 0 saturated heterocycles. The molecule has 5 nitrogen and oxygen atoms in total. The van der Waals surface area contributed by atoms with E-state index in [0.29, 0.717) is 5.56 Å². The number of nitrogens with one attached hydrogen (secondary N) is 1. The maximum Gasteiger partial charge on any atom is 0.258 e. The van der Waals surface area contributed by atoms with Gasteiger partial charge in [0, 0.05) is 17.3 Å². The van der Waals surface area contributed by atoms with E-state index in [4.69, 9.17) is 0 Å². The maximum atomic E-state index is 13.4. The van der Waals surface area contributed by atoms with Crippen molar-refractivity contribution >= 4 is 11.6 Å². The molecule has 0 bridgehead atoms. The van der Waals surface area contributed by atoms with Crippen molar-refractivity contribution in [1.29, 1.82) is 0 Å². The zero-order valence-electron chi connectivity index (χ0n) is 20.2. The van der Waals surface area contributed by atoms with Crippen molar-refractivity contribution in [2.45, 2.75) is 71.7 Å². The van der Waals surface area contributed by atoms with Gasteiger partial charge in [-0.1, -0.05) is 49.7 Å². The molecule has 0 spiro atoms. The molecule has 0 aliphatic carbocycles. The number of carbonyl (C=O) groups is 1. The van der Waals surface area contributed by atoms with E-state index in [1.165, 1.54) is 0 Å². The molecule has 174 valence electrons. The molecule has 0 aromatic heterocycles. The van der Waals surface area contributed by atoms with E-state index in [9.17, 15) is 9.90 Å². The molecule has 0 unspecified atom stereocenters.